The van der Waals surface area contributed by atoms with Crippen molar-refractivity contribution in [3.8, 4) is 0 Å². The topological polar surface area (TPSA) is 44.8 Å². The van der Waals surface area contributed by atoms with Crippen LogP contribution in [0.1, 0.15) is 6.92 Å². The van der Waals surface area contributed by atoms with Gasteiger partial charge >= 0.3 is 5.97 Å². The largest absolute Gasteiger partial charge is 0.449 e. The van der Waals surface area contributed by atoms with E-state index in [-0.39, 0.29) is 10.1 Å². The average molecular weight is 288 g/mol. The minimum Gasteiger partial charge on any atom is -0.449 e. The maximum atomic E-state index is 10.4. The van der Waals surface area contributed by atoms with Gasteiger partial charge in [-0.2, -0.15) is 0 Å². The molecule has 0 spiro atoms. The van der Waals surface area contributed by atoms with E-state index in [0.717, 1.165) is 0 Å². The molecular weight excluding hydrogens is 275 g/mol. The Balaban J connectivity index is 3.19. The van der Waals surface area contributed by atoms with Gasteiger partial charge in [0.15, 0.2) is 4.11 Å². The molecule has 4 nitrogen and oxygen atoms in total. The van der Waals surface area contributed by atoms with E-state index in [1.54, 1.807) is 7.11 Å². The molecule has 0 fully saturated rings. The first-order valence-electron chi connectivity index (χ1n) is 3.54. The van der Waals surface area contributed by atoms with Gasteiger partial charge in [-0.15, -0.1) is 0 Å². The monoisotopic (exact) mass is 288 g/mol. The second-order valence-corrected chi connectivity index (χ2v) is 3.48. The Morgan fingerprint density at radius 2 is 2.17 bits per heavy atom. The second kappa shape index (κ2) is 7.75. The fraction of sp³-hybridized carbons (Fsp3) is 0.857. The van der Waals surface area contributed by atoms with Crippen LogP contribution in [-0.4, -0.2) is 37.0 Å². The zero-order chi connectivity index (χ0) is 9.40. The zero-order valence-electron chi connectivity index (χ0n) is 7.21. The number of rotatable bonds is 6. The van der Waals surface area contributed by atoms with Crippen molar-refractivity contribution < 1.29 is 19.0 Å². The first-order valence-corrected chi connectivity index (χ1v) is 4.79. The molecule has 0 N–H and O–H groups in total. The van der Waals surface area contributed by atoms with Crippen LogP contribution in [0.5, 0.6) is 0 Å². The third-order valence-corrected chi connectivity index (χ3v) is 1.59. The summed E-state index contributed by atoms with van der Waals surface area (Å²) >= 11 is 2.00. The smallest absolute Gasteiger partial charge is 0.303 e. The summed E-state index contributed by atoms with van der Waals surface area (Å²) in [5.41, 5.74) is 0. The van der Waals surface area contributed by atoms with Crippen molar-refractivity contribution in [3.05, 3.63) is 0 Å². The zero-order valence-corrected chi connectivity index (χ0v) is 9.37. The SMILES string of the molecule is COCCOCC(I)OC(C)=O. The Kier molecular flexibility index (Phi) is 7.83. The van der Waals surface area contributed by atoms with E-state index in [2.05, 4.69) is 0 Å². The summed E-state index contributed by atoms with van der Waals surface area (Å²) in [6, 6.07) is 0. The molecule has 12 heavy (non-hydrogen) atoms. The highest BCUT2D eigenvalue weighted by molar-refractivity contribution is 14.1. The van der Waals surface area contributed by atoms with Gasteiger partial charge in [-0.3, -0.25) is 4.79 Å². The van der Waals surface area contributed by atoms with Crippen LogP contribution in [0.25, 0.3) is 0 Å². The lowest BCUT2D eigenvalue weighted by molar-refractivity contribution is -0.143. The van der Waals surface area contributed by atoms with Gasteiger partial charge in [0, 0.05) is 14.0 Å². The molecule has 0 aliphatic heterocycles. The Labute approximate surface area is 85.7 Å². The van der Waals surface area contributed by atoms with Crippen LogP contribution in [-0.2, 0) is 19.0 Å². The number of hydrogen-bond donors (Lipinski definition) is 0. The van der Waals surface area contributed by atoms with Gasteiger partial charge in [0.25, 0.3) is 0 Å². The van der Waals surface area contributed by atoms with Crippen molar-refractivity contribution >= 4 is 28.6 Å². The number of esters is 1. The minimum absolute atomic E-state index is 0.211. The number of ether oxygens (including phenoxy) is 3. The summed E-state index contributed by atoms with van der Waals surface area (Å²) in [5, 5.41) is 0. The highest BCUT2D eigenvalue weighted by atomic mass is 127. The quantitative estimate of drug-likeness (QED) is 0.316. The highest BCUT2D eigenvalue weighted by Gasteiger charge is 2.05. The van der Waals surface area contributed by atoms with Crippen LogP contribution < -0.4 is 0 Å². The molecule has 1 atom stereocenters. The van der Waals surface area contributed by atoms with Crippen molar-refractivity contribution in [2.45, 2.75) is 11.0 Å². The normalized spacial score (nSPS) is 12.6. The molecule has 1 unspecified atom stereocenters. The molecule has 0 radical (unpaired) electrons. The molecule has 0 saturated heterocycles. The second-order valence-electron chi connectivity index (χ2n) is 2.09. The van der Waals surface area contributed by atoms with Crippen molar-refractivity contribution in [2.24, 2.45) is 0 Å². The van der Waals surface area contributed by atoms with Crippen LogP contribution in [0, 0.1) is 0 Å². The molecule has 0 aromatic carbocycles. The van der Waals surface area contributed by atoms with Crippen molar-refractivity contribution in [1.82, 2.24) is 0 Å². The molecule has 72 valence electrons. The van der Waals surface area contributed by atoms with E-state index in [9.17, 15) is 4.79 Å². The average Bonchev–Trinajstić information content (AvgIpc) is 1.97. The number of carbonyl (C=O) groups excluding carboxylic acids is 1. The molecule has 0 aliphatic rings. The van der Waals surface area contributed by atoms with E-state index in [1.807, 2.05) is 22.6 Å². The lowest BCUT2D eigenvalue weighted by Gasteiger charge is -2.09. The van der Waals surface area contributed by atoms with E-state index < -0.39 is 0 Å². The fourth-order valence-electron chi connectivity index (χ4n) is 0.532. The molecule has 0 saturated carbocycles. The van der Waals surface area contributed by atoms with Crippen LogP contribution in [0.4, 0.5) is 0 Å². The molecular formula is C7H13IO4. The van der Waals surface area contributed by atoms with Gasteiger partial charge in [0.2, 0.25) is 0 Å². The maximum absolute atomic E-state index is 10.4. The number of carbonyl (C=O) groups is 1. The standard InChI is InChI=1S/C7H13IO4/c1-6(9)12-7(8)5-11-4-3-10-2/h7H,3-5H2,1-2H3. The van der Waals surface area contributed by atoms with Gasteiger partial charge in [0.05, 0.1) is 19.8 Å². The predicted molar refractivity (Wildman–Crippen MR) is 52.3 cm³/mol. The third-order valence-electron chi connectivity index (χ3n) is 0.975. The number of hydrogen-bond acceptors (Lipinski definition) is 4. The molecule has 0 aromatic heterocycles. The number of methoxy groups -OCH3 is 1. The molecule has 0 amide bonds. The first kappa shape index (κ1) is 12.1. The summed E-state index contributed by atoms with van der Waals surface area (Å²) < 4.78 is 14.5. The maximum Gasteiger partial charge on any atom is 0.303 e. The Morgan fingerprint density at radius 3 is 2.67 bits per heavy atom. The number of halogens is 1. The van der Waals surface area contributed by atoms with Crippen LogP contribution >= 0.6 is 22.6 Å². The summed E-state index contributed by atoms with van der Waals surface area (Å²) in [4.78, 5) is 10.4. The van der Waals surface area contributed by atoms with Gasteiger partial charge < -0.3 is 14.2 Å². The van der Waals surface area contributed by atoms with E-state index >= 15 is 0 Å². The molecule has 0 rings (SSSR count). The predicted octanol–water partition coefficient (Wildman–Crippen LogP) is 0.974. The van der Waals surface area contributed by atoms with Crippen molar-refractivity contribution in [2.75, 3.05) is 26.9 Å². The van der Waals surface area contributed by atoms with E-state index in [0.29, 0.717) is 19.8 Å². The summed E-state index contributed by atoms with van der Waals surface area (Å²) in [6.45, 7) is 2.87. The van der Waals surface area contributed by atoms with E-state index in [4.69, 9.17) is 14.2 Å². The summed E-state index contributed by atoms with van der Waals surface area (Å²) in [6.07, 6.45) is 0. The molecule has 0 heterocycles. The summed E-state index contributed by atoms with van der Waals surface area (Å²) in [7, 11) is 1.61. The lowest BCUT2D eigenvalue weighted by Crippen LogP contribution is -2.17. The van der Waals surface area contributed by atoms with Gasteiger partial charge in [0.1, 0.15) is 0 Å². The summed E-state index contributed by atoms with van der Waals surface area (Å²) in [5.74, 6) is -0.287. The van der Waals surface area contributed by atoms with Crippen LogP contribution in [0.15, 0.2) is 0 Å². The molecule has 0 aliphatic carbocycles. The van der Waals surface area contributed by atoms with Gasteiger partial charge in [-0.05, 0) is 22.6 Å². The van der Waals surface area contributed by atoms with Crippen molar-refractivity contribution in [1.29, 1.82) is 0 Å². The van der Waals surface area contributed by atoms with Crippen LogP contribution in [0.3, 0.4) is 0 Å². The Bertz CT molecular complexity index is 129. The van der Waals surface area contributed by atoms with Gasteiger partial charge in [-0.25, -0.2) is 0 Å². The molecule has 0 bridgehead atoms. The lowest BCUT2D eigenvalue weighted by atomic mass is 10.7. The number of alkyl halides is 1. The Morgan fingerprint density at radius 1 is 1.50 bits per heavy atom. The first-order chi connectivity index (χ1) is 5.66. The highest BCUT2D eigenvalue weighted by Crippen LogP contribution is 2.03. The minimum atomic E-state index is -0.287. The third kappa shape index (κ3) is 8.22. The van der Waals surface area contributed by atoms with Gasteiger partial charge in [-0.1, -0.05) is 0 Å². The van der Waals surface area contributed by atoms with Crippen LogP contribution in [0.2, 0.25) is 0 Å². The van der Waals surface area contributed by atoms with Crippen molar-refractivity contribution in [3.63, 3.8) is 0 Å². The molecule has 0 aromatic rings. The Hall–Kier alpha value is 0.120. The fourth-order valence-corrected chi connectivity index (χ4v) is 1.14. The van der Waals surface area contributed by atoms with E-state index in [1.165, 1.54) is 6.92 Å². The molecule has 5 heteroatoms.